The van der Waals surface area contributed by atoms with Gasteiger partial charge < -0.3 is 10.1 Å². The SMILES string of the molecule is COc1ccc(CNc2ccc(C)cc2Cl)nn1. The van der Waals surface area contributed by atoms with Crippen molar-refractivity contribution in [1.82, 2.24) is 10.2 Å². The van der Waals surface area contributed by atoms with E-state index >= 15 is 0 Å². The van der Waals surface area contributed by atoms with Crippen molar-refractivity contribution in [3.63, 3.8) is 0 Å². The van der Waals surface area contributed by atoms with Crippen molar-refractivity contribution in [2.24, 2.45) is 0 Å². The number of nitrogens with one attached hydrogen (secondary N) is 1. The van der Waals surface area contributed by atoms with Crippen LogP contribution in [0.5, 0.6) is 5.88 Å². The van der Waals surface area contributed by atoms with Gasteiger partial charge in [-0.2, -0.15) is 5.10 Å². The lowest BCUT2D eigenvalue weighted by Gasteiger charge is -2.08. The van der Waals surface area contributed by atoms with Crippen LogP contribution < -0.4 is 10.1 Å². The maximum atomic E-state index is 6.12. The highest BCUT2D eigenvalue weighted by Crippen LogP contribution is 2.23. The standard InChI is InChI=1S/C13H14ClN3O/c1-9-3-5-12(11(14)7-9)15-8-10-4-6-13(18-2)17-16-10/h3-7,15H,8H2,1-2H3. The molecule has 18 heavy (non-hydrogen) atoms. The lowest BCUT2D eigenvalue weighted by molar-refractivity contribution is 0.391. The Morgan fingerprint density at radius 1 is 1.22 bits per heavy atom. The number of rotatable bonds is 4. The summed E-state index contributed by atoms with van der Waals surface area (Å²) >= 11 is 6.12. The summed E-state index contributed by atoms with van der Waals surface area (Å²) < 4.78 is 4.95. The van der Waals surface area contributed by atoms with E-state index in [9.17, 15) is 0 Å². The second-order valence-corrected chi connectivity index (χ2v) is 4.31. The molecule has 0 aliphatic rings. The summed E-state index contributed by atoms with van der Waals surface area (Å²) in [5.74, 6) is 0.507. The first kappa shape index (κ1) is 12.6. The van der Waals surface area contributed by atoms with Gasteiger partial charge in [-0.25, -0.2) is 0 Å². The number of hydrogen-bond acceptors (Lipinski definition) is 4. The van der Waals surface area contributed by atoms with Crippen molar-refractivity contribution in [3.05, 3.63) is 46.6 Å². The Kier molecular flexibility index (Phi) is 3.99. The highest BCUT2D eigenvalue weighted by molar-refractivity contribution is 6.33. The molecule has 1 aromatic carbocycles. The van der Waals surface area contributed by atoms with Crippen LogP contribution >= 0.6 is 11.6 Å². The summed E-state index contributed by atoms with van der Waals surface area (Å²) in [5.41, 5.74) is 2.85. The molecule has 0 unspecified atom stereocenters. The monoisotopic (exact) mass is 263 g/mol. The summed E-state index contributed by atoms with van der Waals surface area (Å²) in [4.78, 5) is 0. The molecule has 2 rings (SSSR count). The Bertz CT molecular complexity index is 528. The Balaban J connectivity index is 2.02. The number of halogens is 1. The first-order valence-electron chi connectivity index (χ1n) is 5.55. The quantitative estimate of drug-likeness (QED) is 0.921. The Morgan fingerprint density at radius 3 is 2.67 bits per heavy atom. The molecule has 0 radical (unpaired) electrons. The van der Waals surface area contributed by atoms with E-state index in [2.05, 4.69) is 15.5 Å². The molecule has 0 fully saturated rings. The molecule has 0 saturated heterocycles. The average Bonchev–Trinajstić information content (AvgIpc) is 2.38. The first-order valence-corrected chi connectivity index (χ1v) is 5.93. The van der Waals surface area contributed by atoms with Crippen LogP contribution in [0.25, 0.3) is 0 Å². The fourth-order valence-corrected chi connectivity index (χ4v) is 1.80. The molecule has 0 saturated carbocycles. The van der Waals surface area contributed by atoms with Gasteiger partial charge in [0.25, 0.3) is 0 Å². The van der Waals surface area contributed by atoms with Gasteiger partial charge in [-0.15, -0.1) is 5.10 Å². The molecule has 5 heteroatoms. The summed E-state index contributed by atoms with van der Waals surface area (Å²) in [7, 11) is 1.56. The van der Waals surface area contributed by atoms with Crippen LogP contribution in [0, 0.1) is 6.92 Å². The lowest BCUT2D eigenvalue weighted by atomic mass is 10.2. The Morgan fingerprint density at radius 2 is 2.06 bits per heavy atom. The molecule has 0 bridgehead atoms. The lowest BCUT2D eigenvalue weighted by Crippen LogP contribution is -2.03. The van der Waals surface area contributed by atoms with Crippen molar-refractivity contribution >= 4 is 17.3 Å². The molecule has 94 valence electrons. The van der Waals surface area contributed by atoms with E-state index in [0.717, 1.165) is 16.9 Å². The van der Waals surface area contributed by atoms with Gasteiger partial charge in [-0.05, 0) is 30.7 Å². The maximum Gasteiger partial charge on any atom is 0.233 e. The number of anilines is 1. The number of methoxy groups -OCH3 is 1. The van der Waals surface area contributed by atoms with Crippen LogP contribution in [0.2, 0.25) is 5.02 Å². The molecule has 4 nitrogen and oxygen atoms in total. The highest BCUT2D eigenvalue weighted by Gasteiger charge is 2.01. The molecule has 1 N–H and O–H groups in total. The van der Waals surface area contributed by atoms with E-state index < -0.39 is 0 Å². The first-order chi connectivity index (χ1) is 8.69. The molecular weight excluding hydrogens is 250 g/mol. The Hall–Kier alpha value is -1.81. The van der Waals surface area contributed by atoms with E-state index in [4.69, 9.17) is 16.3 Å². The smallest absolute Gasteiger partial charge is 0.233 e. The number of hydrogen-bond donors (Lipinski definition) is 1. The van der Waals surface area contributed by atoms with Gasteiger partial charge in [0.1, 0.15) is 0 Å². The molecule has 1 aromatic heterocycles. The minimum absolute atomic E-state index is 0.507. The third-order valence-corrected chi connectivity index (χ3v) is 2.80. The number of benzene rings is 1. The van der Waals surface area contributed by atoms with E-state index in [1.54, 1.807) is 13.2 Å². The van der Waals surface area contributed by atoms with Crippen molar-refractivity contribution < 1.29 is 4.74 Å². The minimum Gasteiger partial charge on any atom is -0.480 e. The van der Waals surface area contributed by atoms with E-state index in [0.29, 0.717) is 17.4 Å². The largest absolute Gasteiger partial charge is 0.480 e. The van der Waals surface area contributed by atoms with Gasteiger partial charge in [0.05, 0.1) is 30.1 Å². The molecule has 1 heterocycles. The van der Waals surface area contributed by atoms with Crippen molar-refractivity contribution in [1.29, 1.82) is 0 Å². The zero-order valence-electron chi connectivity index (χ0n) is 10.3. The Labute approximate surface area is 111 Å². The van der Waals surface area contributed by atoms with Gasteiger partial charge >= 0.3 is 0 Å². The summed E-state index contributed by atoms with van der Waals surface area (Å²) in [6.07, 6.45) is 0. The summed E-state index contributed by atoms with van der Waals surface area (Å²) in [6.45, 7) is 2.57. The molecule has 0 aliphatic heterocycles. The molecule has 0 atom stereocenters. The summed E-state index contributed by atoms with van der Waals surface area (Å²) in [6, 6.07) is 9.52. The fourth-order valence-electron chi connectivity index (χ4n) is 1.50. The van der Waals surface area contributed by atoms with E-state index in [1.165, 1.54) is 0 Å². The van der Waals surface area contributed by atoms with Gasteiger partial charge in [-0.3, -0.25) is 0 Å². The van der Waals surface area contributed by atoms with Crippen LogP contribution in [0.4, 0.5) is 5.69 Å². The average molecular weight is 264 g/mol. The topological polar surface area (TPSA) is 47.0 Å². The number of aryl methyl sites for hydroxylation is 1. The molecule has 2 aromatic rings. The summed E-state index contributed by atoms with van der Waals surface area (Å²) in [5, 5.41) is 11.9. The normalized spacial score (nSPS) is 10.2. The second kappa shape index (κ2) is 5.69. The molecule has 0 amide bonds. The third kappa shape index (κ3) is 3.11. The van der Waals surface area contributed by atoms with Crippen molar-refractivity contribution in [2.45, 2.75) is 13.5 Å². The van der Waals surface area contributed by atoms with Crippen LogP contribution in [0.1, 0.15) is 11.3 Å². The maximum absolute atomic E-state index is 6.12. The van der Waals surface area contributed by atoms with Crippen molar-refractivity contribution in [2.75, 3.05) is 12.4 Å². The number of aromatic nitrogens is 2. The van der Waals surface area contributed by atoms with Crippen LogP contribution in [0.15, 0.2) is 30.3 Å². The van der Waals surface area contributed by atoms with Gasteiger partial charge in [0.2, 0.25) is 5.88 Å². The number of ether oxygens (including phenoxy) is 1. The van der Waals surface area contributed by atoms with E-state index in [-0.39, 0.29) is 0 Å². The van der Waals surface area contributed by atoms with Crippen LogP contribution in [-0.4, -0.2) is 17.3 Å². The van der Waals surface area contributed by atoms with Crippen LogP contribution in [-0.2, 0) is 6.54 Å². The second-order valence-electron chi connectivity index (χ2n) is 3.90. The zero-order valence-corrected chi connectivity index (χ0v) is 11.0. The predicted octanol–water partition coefficient (Wildman–Crippen LogP) is 3.06. The molecule has 0 aliphatic carbocycles. The van der Waals surface area contributed by atoms with Crippen LogP contribution in [0.3, 0.4) is 0 Å². The molecular formula is C13H14ClN3O. The van der Waals surface area contributed by atoms with Crippen molar-refractivity contribution in [3.8, 4) is 5.88 Å². The van der Waals surface area contributed by atoms with Gasteiger partial charge in [-0.1, -0.05) is 17.7 Å². The zero-order chi connectivity index (χ0) is 13.0. The van der Waals surface area contributed by atoms with Gasteiger partial charge in [0.15, 0.2) is 0 Å². The number of nitrogens with zero attached hydrogens (tertiary/aromatic N) is 2. The fraction of sp³-hybridized carbons (Fsp3) is 0.231. The van der Waals surface area contributed by atoms with Gasteiger partial charge in [0, 0.05) is 6.07 Å². The molecule has 0 spiro atoms. The predicted molar refractivity (Wildman–Crippen MR) is 72.1 cm³/mol. The highest BCUT2D eigenvalue weighted by atomic mass is 35.5. The van der Waals surface area contributed by atoms with E-state index in [1.807, 2.05) is 31.2 Å². The third-order valence-electron chi connectivity index (χ3n) is 2.49. The minimum atomic E-state index is 0.507.